The summed E-state index contributed by atoms with van der Waals surface area (Å²) in [5.74, 6) is 0.443. The second-order valence-electron chi connectivity index (χ2n) is 9.51. The summed E-state index contributed by atoms with van der Waals surface area (Å²) in [5, 5.41) is 6.97. The second-order valence-corrected chi connectivity index (χ2v) is 10.3. The highest BCUT2D eigenvalue weighted by atomic mass is 32.1. The molecule has 2 aliphatic heterocycles. The minimum Gasteiger partial charge on any atom is -0.343 e. The van der Waals surface area contributed by atoms with Gasteiger partial charge >= 0.3 is 6.03 Å². The maximum Gasteiger partial charge on any atom is 0.325 e. The minimum atomic E-state index is -1.14. The molecule has 2 saturated heterocycles. The van der Waals surface area contributed by atoms with E-state index in [0.29, 0.717) is 43.8 Å². The van der Waals surface area contributed by atoms with Gasteiger partial charge < -0.3 is 10.2 Å². The lowest BCUT2D eigenvalue weighted by Gasteiger charge is -2.41. The Kier molecular flexibility index (Phi) is 6.19. The van der Waals surface area contributed by atoms with Gasteiger partial charge in [-0.2, -0.15) is 11.3 Å². The van der Waals surface area contributed by atoms with Crippen molar-refractivity contribution < 1.29 is 14.4 Å². The number of pyridine rings is 1. The van der Waals surface area contributed by atoms with Crippen molar-refractivity contribution in [2.24, 2.45) is 11.8 Å². The SMILES string of the molecule is O=C(CC1CCCC1)N1CCC(C2(c3cccnc3)NC(=O)N(Cc3ccsc3)C2=O)CC1. The van der Waals surface area contributed by atoms with Crippen LogP contribution < -0.4 is 5.32 Å². The van der Waals surface area contributed by atoms with E-state index >= 15 is 0 Å². The number of rotatable bonds is 6. The molecule has 3 fully saturated rings. The molecule has 4 amide bonds. The Hall–Kier alpha value is -2.74. The van der Waals surface area contributed by atoms with Crippen LogP contribution in [-0.2, 0) is 21.7 Å². The third-order valence-corrected chi connectivity index (χ3v) is 8.30. The molecular weight excluding hydrogens is 436 g/mol. The Balaban J connectivity index is 1.35. The molecule has 3 aliphatic rings. The Labute approximate surface area is 198 Å². The summed E-state index contributed by atoms with van der Waals surface area (Å²) in [6, 6.07) is 5.24. The predicted octanol–water partition coefficient (Wildman–Crippen LogP) is 3.91. The van der Waals surface area contributed by atoms with Crippen molar-refractivity contribution >= 4 is 29.2 Å². The number of hydrogen-bond acceptors (Lipinski definition) is 5. The molecule has 8 heteroatoms. The summed E-state index contributed by atoms with van der Waals surface area (Å²) in [7, 11) is 0. The number of nitrogens with one attached hydrogen (secondary N) is 1. The lowest BCUT2D eigenvalue weighted by atomic mass is 9.73. The van der Waals surface area contributed by atoms with Gasteiger partial charge in [0.2, 0.25) is 5.91 Å². The van der Waals surface area contributed by atoms with Crippen LogP contribution in [0.25, 0.3) is 0 Å². The number of thiophene rings is 1. The van der Waals surface area contributed by atoms with Crippen molar-refractivity contribution in [3.05, 3.63) is 52.5 Å². The van der Waals surface area contributed by atoms with Gasteiger partial charge in [0, 0.05) is 37.5 Å². The molecule has 1 unspecified atom stereocenters. The van der Waals surface area contributed by atoms with Crippen LogP contribution in [0.15, 0.2) is 41.4 Å². The van der Waals surface area contributed by atoms with E-state index in [0.717, 1.165) is 18.4 Å². The van der Waals surface area contributed by atoms with E-state index in [4.69, 9.17) is 0 Å². The fourth-order valence-corrected chi connectivity index (χ4v) is 6.42. The molecule has 7 nitrogen and oxygen atoms in total. The van der Waals surface area contributed by atoms with Gasteiger partial charge in [0.25, 0.3) is 5.91 Å². The van der Waals surface area contributed by atoms with Crippen molar-refractivity contribution in [2.45, 2.75) is 57.0 Å². The van der Waals surface area contributed by atoms with Crippen molar-refractivity contribution in [3.8, 4) is 0 Å². The smallest absolute Gasteiger partial charge is 0.325 e. The first-order valence-corrected chi connectivity index (χ1v) is 12.9. The third-order valence-electron chi connectivity index (χ3n) is 7.57. The van der Waals surface area contributed by atoms with Crippen molar-refractivity contribution in [2.75, 3.05) is 13.1 Å². The molecule has 1 N–H and O–H groups in total. The van der Waals surface area contributed by atoms with Gasteiger partial charge in [-0.25, -0.2) is 4.79 Å². The normalized spacial score (nSPS) is 24.5. The number of carbonyl (C=O) groups is 3. The summed E-state index contributed by atoms with van der Waals surface area (Å²) in [5.41, 5.74) is 0.520. The Morgan fingerprint density at radius 2 is 1.94 bits per heavy atom. The fraction of sp³-hybridized carbons (Fsp3) is 0.520. The van der Waals surface area contributed by atoms with E-state index in [1.807, 2.05) is 27.8 Å². The molecule has 1 aliphatic carbocycles. The topological polar surface area (TPSA) is 82.6 Å². The molecule has 4 heterocycles. The largest absolute Gasteiger partial charge is 0.343 e. The number of urea groups is 1. The third kappa shape index (κ3) is 4.16. The molecule has 5 rings (SSSR count). The molecule has 1 atom stereocenters. The lowest BCUT2D eigenvalue weighted by Crippen LogP contribution is -2.54. The van der Waals surface area contributed by atoms with E-state index in [1.54, 1.807) is 29.8 Å². The maximum atomic E-state index is 13.8. The maximum absolute atomic E-state index is 13.8. The van der Waals surface area contributed by atoms with Crippen LogP contribution in [0.4, 0.5) is 4.79 Å². The summed E-state index contributed by atoms with van der Waals surface area (Å²) in [6.45, 7) is 1.49. The first-order valence-electron chi connectivity index (χ1n) is 11.9. The average molecular weight is 467 g/mol. The first kappa shape index (κ1) is 22.1. The molecule has 0 spiro atoms. The number of carbonyl (C=O) groups excluding carboxylic acids is 3. The Morgan fingerprint density at radius 3 is 2.61 bits per heavy atom. The van der Waals surface area contributed by atoms with Gasteiger partial charge in [-0.05, 0) is 66.0 Å². The van der Waals surface area contributed by atoms with Crippen LogP contribution in [0, 0.1) is 11.8 Å². The fourth-order valence-electron chi connectivity index (χ4n) is 5.76. The number of amides is 4. The predicted molar refractivity (Wildman–Crippen MR) is 125 cm³/mol. The molecular formula is C25H30N4O3S. The zero-order valence-electron chi connectivity index (χ0n) is 18.7. The highest BCUT2D eigenvalue weighted by molar-refractivity contribution is 7.07. The van der Waals surface area contributed by atoms with Crippen molar-refractivity contribution in [1.82, 2.24) is 20.1 Å². The number of aromatic nitrogens is 1. The van der Waals surface area contributed by atoms with Gasteiger partial charge in [0.15, 0.2) is 5.54 Å². The number of nitrogens with zero attached hydrogens (tertiary/aromatic N) is 3. The Morgan fingerprint density at radius 1 is 1.15 bits per heavy atom. The van der Waals surface area contributed by atoms with Crippen LogP contribution in [0.3, 0.4) is 0 Å². The van der Waals surface area contributed by atoms with E-state index in [1.165, 1.54) is 17.7 Å². The zero-order chi connectivity index (χ0) is 22.8. The van der Waals surface area contributed by atoms with Gasteiger partial charge in [0.1, 0.15) is 0 Å². The van der Waals surface area contributed by atoms with E-state index in [9.17, 15) is 14.4 Å². The number of hydrogen-bond donors (Lipinski definition) is 1. The molecule has 2 aromatic heterocycles. The van der Waals surface area contributed by atoms with E-state index in [-0.39, 0.29) is 30.3 Å². The van der Waals surface area contributed by atoms with Crippen molar-refractivity contribution in [1.29, 1.82) is 0 Å². The zero-order valence-corrected chi connectivity index (χ0v) is 19.6. The highest BCUT2D eigenvalue weighted by Crippen LogP contribution is 2.42. The Bertz CT molecular complexity index is 998. The molecule has 2 aromatic rings. The van der Waals surface area contributed by atoms with Gasteiger partial charge in [-0.1, -0.05) is 18.9 Å². The monoisotopic (exact) mass is 466 g/mol. The molecule has 0 bridgehead atoms. The second kappa shape index (κ2) is 9.25. The first-order chi connectivity index (χ1) is 16.1. The quantitative estimate of drug-likeness (QED) is 0.655. The lowest BCUT2D eigenvalue weighted by molar-refractivity contribution is -0.137. The number of likely N-dealkylation sites (tertiary alicyclic amines) is 1. The van der Waals surface area contributed by atoms with Gasteiger partial charge in [0.05, 0.1) is 6.54 Å². The number of imide groups is 1. The molecule has 1 saturated carbocycles. The van der Waals surface area contributed by atoms with E-state index < -0.39 is 5.54 Å². The highest BCUT2D eigenvalue weighted by Gasteiger charge is 2.57. The molecule has 174 valence electrons. The summed E-state index contributed by atoms with van der Waals surface area (Å²) in [6.07, 6.45) is 10.1. The van der Waals surface area contributed by atoms with Crippen LogP contribution in [-0.4, -0.2) is 45.7 Å². The number of piperidine rings is 1. The van der Waals surface area contributed by atoms with Gasteiger partial charge in [-0.15, -0.1) is 0 Å². The van der Waals surface area contributed by atoms with Crippen LogP contribution in [0.5, 0.6) is 0 Å². The van der Waals surface area contributed by atoms with Crippen LogP contribution in [0.2, 0.25) is 0 Å². The summed E-state index contributed by atoms with van der Waals surface area (Å²) < 4.78 is 0. The summed E-state index contributed by atoms with van der Waals surface area (Å²) >= 11 is 1.55. The van der Waals surface area contributed by atoms with E-state index in [2.05, 4.69) is 10.3 Å². The van der Waals surface area contributed by atoms with Crippen LogP contribution in [0.1, 0.15) is 56.1 Å². The average Bonchev–Trinajstić information content (AvgIpc) is 3.59. The summed E-state index contributed by atoms with van der Waals surface area (Å²) in [4.78, 5) is 47.2. The molecule has 33 heavy (non-hydrogen) atoms. The van der Waals surface area contributed by atoms with Crippen molar-refractivity contribution in [3.63, 3.8) is 0 Å². The van der Waals surface area contributed by atoms with Gasteiger partial charge in [-0.3, -0.25) is 19.5 Å². The standard InChI is InChI=1S/C25H30N4O3S/c30-22(14-18-4-1-2-5-18)28-11-7-20(8-12-28)25(21-6-3-10-26-15-21)23(31)29(24(32)27-25)16-19-9-13-33-17-19/h3,6,9-10,13,15,17-18,20H,1-2,4-5,7-8,11-12,14,16H2,(H,27,32). The molecule has 0 radical (unpaired) electrons. The minimum absolute atomic E-state index is 0.0962. The van der Waals surface area contributed by atoms with Crippen LogP contribution >= 0.6 is 11.3 Å². The molecule has 0 aromatic carbocycles.